The maximum atomic E-state index is 13.3. The molecule has 2 aromatic carbocycles. The van der Waals surface area contributed by atoms with Crippen LogP contribution < -0.4 is 10.2 Å². The van der Waals surface area contributed by atoms with Crippen LogP contribution in [0.3, 0.4) is 0 Å². The standard InChI is InChI=1S/C27H29N5O3/c1-19-8-10-20(11-9-19)17-28-25(33)21-5-3-13-30(18-21)23-7-2-6-22-24(23)27(35)32(26(22)34)16-15-31-14-4-12-29-31/h2,4,6-12,14,21H,3,5,13,15-18H2,1H3,(H,28,33)/t21-/m1/s1. The summed E-state index contributed by atoms with van der Waals surface area (Å²) in [5.74, 6) is -0.707. The Morgan fingerprint density at radius 2 is 1.89 bits per heavy atom. The third-order valence-corrected chi connectivity index (χ3v) is 6.81. The predicted octanol–water partition coefficient (Wildman–Crippen LogP) is 3.02. The van der Waals surface area contributed by atoms with E-state index in [1.165, 1.54) is 10.5 Å². The second-order valence-corrected chi connectivity index (χ2v) is 9.22. The Morgan fingerprint density at radius 1 is 1.06 bits per heavy atom. The van der Waals surface area contributed by atoms with Crippen molar-refractivity contribution in [2.24, 2.45) is 5.92 Å². The van der Waals surface area contributed by atoms with Crippen LogP contribution in [0.1, 0.15) is 44.7 Å². The van der Waals surface area contributed by atoms with Crippen LogP contribution in [-0.4, -0.2) is 52.0 Å². The highest BCUT2D eigenvalue weighted by atomic mass is 16.2. The SMILES string of the molecule is Cc1ccc(CNC(=O)[C@@H]2CCCN(c3cccc4c3C(=O)N(CCn3cccn3)C4=O)C2)cc1. The Labute approximate surface area is 204 Å². The van der Waals surface area contributed by atoms with E-state index >= 15 is 0 Å². The Kier molecular flexibility index (Phi) is 6.35. The van der Waals surface area contributed by atoms with Crippen molar-refractivity contribution < 1.29 is 14.4 Å². The molecule has 0 radical (unpaired) electrons. The van der Waals surface area contributed by atoms with Gasteiger partial charge in [0.1, 0.15) is 0 Å². The molecule has 3 heterocycles. The first kappa shape index (κ1) is 22.8. The van der Waals surface area contributed by atoms with Gasteiger partial charge in [0, 0.05) is 38.6 Å². The van der Waals surface area contributed by atoms with Crippen molar-refractivity contribution in [2.75, 3.05) is 24.5 Å². The van der Waals surface area contributed by atoms with Crippen LogP contribution in [-0.2, 0) is 17.9 Å². The van der Waals surface area contributed by atoms with Crippen molar-refractivity contribution in [3.05, 3.63) is 83.2 Å². The van der Waals surface area contributed by atoms with Gasteiger partial charge in [0.25, 0.3) is 11.8 Å². The van der Waals surface area contributed by atoms with Gasteiger partial charge in [0.2, 0.25) is 5.91 Å². The van der Waals surface area contributed by atoms with Gasteiger partial charge in [-0.2, -0.15) is 5.10 Å². The van der Waals surface area contributed by atoms with E-state index < -0.39 is 0 Å². The normalized spacial score (nSPS) is 17.6. The van der Waals surface area contributed by atoms with Crippen LogP contribution in [0.15, 0.2) is 60.9 Å². The molecular formula is C27H29N5O3. The quantitative estimate of drug-likeness (QED) is 0.536. The van der Waals surface area contributed by atoms with Gasteiger partial charge in [-0.25, -0.2) is 0 Å². The molecule has 0 aliphatic carbocycles. The number of nitrogens with zero attached hydrogens (tertiary/aromatic N) is 4. The van der Waals surface area contributed by atoms with Gasteiger partial charge in [0.15, 0.2) is 0 Å². The zero-order valence-electron chi connectivity index (χ0n) is 19.8. The second-order valence-electron chi connectivity index (χ2n) is 9.22. The number of aromatic nitrogens is 2. The molecule has 8 heteroatoms. The van der Waals surface area contributed by atoms with E-state index in [0.717, 1.165) is 30.6 Å². The number of imide groups is 1. The van der Waals surface area contributed by atoms with Gasteiger partial charge in [-0.15, -0.1) is 0 Å². The summed E-state index contributed by atoms with van der Waals surface area (Å²) in [4.78, 5) is 42.6. The zero-order chi connectivity index (χ0) is 24.4. The summed E-state index contributed by atoms with van der Waals surface area (Å²) >= 11 is 0. The van der Waals surface area contributed by atoms with Crippen LogP contribution in [0.4, 0.5) is 5.69 Å². The molecule has 0 bridgehead atoms. The highest BCUT2D eigenvalue weighted by Gasteiger charge is 2.39. The first-order valence-electron chi connectivity index (χ1n) is 12.1. The van der Waals surface area contributed by atoms with Gasteiger partial charge < -0.3 is 10.2 Å². The number of aryl methyl sites for hydroxylation is 1. The van der Waals surface area contributed by atoms with Crippen molar-refractivity contribution in [3.8, 4) is 0 Å². The third-order valence-electron chi connectivity index (χ3n) is 6.81. The maximum absolute atomic E-state index is 13.3. The molecule has 8 nitrogen and oxygen atoms in total. The number of amides is 3. The van der Waals surface area contributed by atoms with Crippen molar-refractivity contribution in [1.29, 1.82) is 0 Å². The summed E-state index contributed by atoms with van der Waals surface area (Å²) in [6.45, 7) is 4.50. The Hall–Kier alpha value is -3.94. The number of rotatable bonds is 7. The van der Waals surface area contributed by atoms with Gasteiger partial charge in [-0.1, -0.05) is 35.9 Å². The Balaban J connectivity index is 1.28. The number of hydrogen-bond donors (Lipinski definition) is 1. The summed E-state index contributed by atoms with van der Waals surface area (Å²) in [7, 11) is 0. The van der Waals surface area contributed by atoms with Crippen molar-refractivity contribution in [2.45, 2.75) is 32.9 Å². The topological polar surface area (TPSA) is 87.5 Å². The largest absolute Gasteiger partial charge is 0.370 e. The molecular weight excluding hydrogens is 442 g/mol. The lowest BCUT2D eigenvalue weighted by Crippen LogP contribution is -2.43. The average Bonchev–Trinajstić information content (AvgIpc) is 3.49. The van der Waals surface area contributed by atoms with Crippen molar-refractivity contribution in [1.82, 2.24) is 20.0 Å². The lowest BCUT2D eigenvalue weighted by atomic mass is 9.95. The molecule has 3 amide bonds. The summed E-state index contributed by atoms with van der Waals surface area (Å²) in [5, 5.41) is 7.21. The smallest absolute Gasteiger partial charge is 0.263 e. The van der Waals surface area contributed by atoms with Crippen molar-refractivity contribution in [3.63, 3.8) is 0 Å². The number of anilines is 1. The molecule has 0 saturated carbocycles. The Morgan fingerprint density at radius 3 is 2.66 bits per heavy atom. The summed E-state index contributed by atoms with van der Waals surface area (Å²) in [5.41, 5.74) is 3.86. The number of nitrogens with one attached hydrogen (secondary N) is 1. The minimum Gasteiger partial charge on any atom is -0.370 e. The van der Waals surface area contributed by atoms with E-state index in [-0.39, 0.29) is 30.2 Å². The number of piperidine rings is 1. The molecule has 0 unspecified atom stereocenters. The molecule has 1 N–H and O–H groups in total. The molecule has 1 aromatic heterocycles. The molecule has 35 heavy (non-hydrogen) atoms. The summed E-state index contributed by atoms with van der Waals surface area (Å²) in [6.07, 6.45) is 5.12. The maximum Gasteiger partial charge on any atom is 0.263 e. The van der Waals surface area contributed by atoms with E-state index in [9.17, 15) is 14.4 Å². The van der Waals surface area contributed by atoms with Crippen LogP contribution in [0.5, 0.6) is 0 Å². The Bertz CT molecular complexity index is 1240. The summed E-state index contributed by atoms with van der Waals surface area (Å²) in [6, 6.07) is 15.3. The van der Waals surface area contributed by atoms with Crippen LogP contribution >= 0.6 is 0 Å². The molecule has 1 atom stereocenters. The monoisotopic (exact) mass is 471 g/mol. The van der Waals surface area contributed by atoms with Gasteiger partial charge in [-0.05, 0) is 43.5 Å². The van der Waals surface area contributed by atoms with Gasteiger partial charge in [0.05, 0.1) is 29.3 Å². The third kappa shape index (κ3) is 4.69. The minimum absolute atomic E-state index is 0.0195. The molecule has 5 rings (SSSR count). The lowest BCUT2D eigenvalue weighted by molar-refractivity contribution is -0.125. The van der Waals surface area contributed by atoms with E-state index in [4.69, 9.17) is 0 Å². The molecule has 2 aliphatic heterocycles. The first-order valence-corrected chi connectivity index (χ1v) is 12.1. The molecule has 1 saturated heterocycles. The van der Waals surface area contributed by atoms with E-state index in [1.54, 1.807) is 23.1 Å². The fraction of sp³-hybridized carbons (Fsp3) is 0.333. The minimum atomic E-state index is -0.279. The highest BCUT2D eigenvalue weighted by Crippen LogP contribution is 2.34. The fourth-order valence-corrected chi connectivity index (χ4v) is 4.87. The number of carbonyl (C=O) groups excluding carboxylic acids is 3. The highest BCUT2D eigenvalue weighted by molar-refractivity contribution is 6.23. The number of carbonyl (C=O) groups is 3. The second kappa shape index (κ2) is 9.74. The van der Waals surface area contributed by atoms with Crippen molar-refractivity contribution >= 4 is 23.4 Å². The van der Waals surface area contributed by atoms with Crippen LogP contribution in [0, 0.1) is 12.8 Å². The molecule has 0 spiro atoms. The average molecular weight is 472 g/mol. The molecule has 2 aliphatic rings. The zero-order valence-corrected chi connectivity index (χ0v) is 19.8. The molecule has 1 fully saturated rings. The molecule has 180 valence electrons. The van der Waals surface area contributed by atoms with E-state index in [1.807, 2.05) is 49.4 Å². The predicted molar refractivity (Wildman–Crippen MR) is 132 cm³/mol. The van der Waals surface area contributed by atoms with Crippen LogP contribution in [0.25, 0.3) is 0 Å². The number of fused-ring (bicyclic) bond motifs is 1. The van der Waals surface area contributed by atoms with E-state index in [0.29, 0.717) is 30.8 Å². The lowest BCUT2D eigenvalue weighted by Gasteiger charge is -2.34. The van der Waals surface area contributed by atoms with Crippen LogP contribution in [0.2, 0.25) is 0 Å². The fourth-order valence-electron chi connectivity index (χ4n) is 4.87. The number of benzene rings is 2. The summed E-state index contributed by atoms with van der Waals surface area (Å²) < 4.78 is 1.70. The van der Waals surface area contributed by atoms with Gasteiger partial charge >= 0.3 is 0 Å². The number of hydrogen-bond acceptors (Lipinski definition) is 5. The molecule has 3 aromatic rings. The van der Waals surface area contributed by atoms with E-state index in [2.05, 4.69) is 15.3 Å². The van der Waals surface area contributed by atoms with Gasteiger partial charge in [-0.3, -0.25) is 24.0 Å². The first-order chi connectivity index (χ1) is 17.0.